The highest BCUT2D eigenvalue weighted by Gasteiger charge is 2.19. The molecule has 3 nitrogen and oxygen atoms in total. The van der Waals surface area contributed by atoms with Gasteiger partial charge in [-0.15, -0.1) is 0 Å². The molecule has 47 heavy (non-hydrogen) atoms. The van der Waals surface area contributed by atoms with Gasteiger partial charge in [0.2, 0.25) is 0 Å². The summed E-state index contributed by atoms with van der Waals surface area (Å²) in [7, 11) is 0. The van der Waals surface area contributed by atoms with Gasteiger partial charge in [0.1, 0.15) is 0 Å². The van der Waals surface area contributed by atoms with Gasteiger partial charge in [-0.25, -0.2) is 0 Å². The van der Waals surface area contributed by atoms with Gasteiger partial charge in [-0.3, -0.25) is 4.98 Å². The van der Waals surface area contributed by atoms with Crippen LogP contribution in [-0.4, -0.2) is 9.55 Å². The van der Waals surface area contributed by atoms with Crippen molar-refractivity contribution >= 4 is 43.4 Å². The number of pyridine rings is 1. The number of rotatable bonds is 4. The second-order valence-corrected chi connectivity index (χ2v) is 11.9. The van der Waals surface area contributed by atoms with Crippen molar-refractivity contribution in [3.05, 3.63) is 170 Å². The molecule has 0 bridgehead atoms. The third-order valence-electron chi connectivity index (χ3n) is 9.28. The largest absolute Gasteiger partial charge is 0.309 e. The second-order valence-electron chi connectivity index (χ2n) is 11.9. The van der Waals surface area contributed by atoms with Crippen molar-refractivity contribution in [3.63, 3.8) is 0 Å². The van der Waals surface area contributed by atoms with Crippen molar-refractivity contribution in [1.82, 2.24) is 9.55 Å². The molecule has 9 aromatic rings. The molecular weight excluding hydrogens is 571 g/mol. The molecule has 0 amide bonds. The summed E-state index contributed by atoms with van der Waals surface area (Å²) in [6, 6.07) is 55.9. The Morgan fingerprint density at radius 3 is 1.72 bits per heavy atom. The first kappa shape index (κ1) is 26.9. The van der Waals surface area contributed by atoms with Crippen LogP contribution in [0.1, 0.15) is 5.56 Å². The summed E-state index contributed by atoms with van der Waals surface area (Å²) in [6.45, 7) is 0. The molecule has 0 fully saturated rings. The van der Waals surface area contributed by atoms with Crippen LogP contribution in [0.4, 0.5) is 0 Å². The maximum absolute atomic E-state index is 9.76. The topological polar surface area (TPSA) is 41.6 Å². The highest BCUT2D eigenvalue weighted by atomic mass is 15.0. The zero-order chi connectivity index (χ0) is 31.3. The van der Waals surface area contributed by atoms with Crippen molar-refractivity contribution < 1.29 is 0 Å². The van der Waals surface area contributed by atoms with Gasteiger partial charge < -0.3 is 4.57 Å². The molecule has 218 valence electrons. The SMILES string of the molecule is N#Cc1ccc2c(c1)c1cc(-c3ccc4c(-c5ccccc5)c5ccccc5c(-c5cccnc5)c4c3)ccc1n2-c1ccccc1. The normalized spacial score (nSPS) is 11.4. The van der Waals surface area contributed by atoms with Crippen LogP contribution in [0, 0.1) is 11.3 Å². The van der Waals surface area contributed by atoms with Crippen LogP contribution in [-0.2, 0) is 0 Å². The van der Waals surface area contributed by atoms with Crippen molar-refractivity contribution in [2.75, 3.05) is 0 Å². The summed E-state index contributed by atoms with van der Waals surface area (Å²) >= 11 is 0. The maximum atomic E-state index is 9.76. The molecule has 0 unspecified atom stereocenters. The first-order chi connectivity index (χ1) is 23.3. The molecular formula is C44H27N3. The molecule has 0 N–H and O–H groups in total. The predicted octanol–water partition coefficient (Wildman–Crippen LogP) is 11.4. The number of para-hydroxylation sites is 1. The predicted molar refractivity (Wildman–Crippen MR) is 195 cm³/mol. The summed E-state index contributed by atoms with van der Waals surface area (Å²) in [4.78, 5) is 4.52. The van der Waals surface area contributed by atoms with E-state index in [1.807, 2.05) is 36.7 Å². The fraction of sp³-hybridized carbons (Fsp3) is 0. The van der Waals surface area contributed by atoms with E-state index in [2.05, 4.69) is 143 Å². The van der Waals surface area contributed by atoms with Crippen LogP contribution in [0.15, 0.2) is 164 Å². The van der Waals surface area contributed by atoms with E-state index >= 15 is 0 Å². The minimum Gasteiger partial charge on any atom is -0.309 e. The van der Waals surface area contributed by atoms with Crippen LogP contribution in [0.3, 0.4) is 0 Å². The quantitative estimate of drug-likeness (QED) is 0.189. The van der Waals surface area contributed by atoms with E-state index in [-0.39, 0.29) is 0 Å². The number of aromatic nitrogens is 2. The Balaban J connectivity index is 1.35. The number of hydrogen-bond donors (Lipinski definition) is 0. The lowest BCUT2D eigenvalue weighted by molar-refractivity contribution is 1.18. The molecule has 0 aliphatic rings. The zero-order valence-electron chi connectivity index (χ0n) is 25.4. The lowest BCUT2D eigenvalue weighted by atomic mass is 9.85. The van der Waals surface area contributed by atoms with E-state index in [1.165, 1.54) is 38.2 Å². The molecule has 2 aromatic heterocycles. The van der Waals surface area contributed by atoms with Gasteiger partial charge in [0.15, 0.2) is 0 Å². The third kappa shape index (κ3) is 4.31. The highest BCUT2D eigenvalue weighted by Crippen LogP contribution is 2.45. The molecule has 0 radical (unpaired) electrons. The first-order valence-corrected chi connectivity index (χ1v) is 15.8. The van der Waals surface area contributed by atoms with Crippen molar-refractivity contribution in [1.29, 1.82) is 5.26 Å². The second kappa shape index (κ2) is 10.8. The zero-order valence-corrected chi connectivity index (χ0v) is 25.4. The molecule has 0 aliphatic heterocycles. The van der Waals surface area contributed by atoms with Gasteiger partial charge in [-0.1, -0.05) is 97.1 Å². The Bertz CT molecular complexity index is 2670. The van der Waals surface area contributed by atoms with Crippen LogP contribution < -0.4 is 0 Å². The van der Waals surface area contributed by atoms with Gasteiger partial charge in [-0.2, -0.15) is 5.26 Å². The van der Waals surface area contributed by atoms with Crippen LogP contribution in [0.5, 0.6) is 0 Å². The monoisotopic (exact) mass is 597 g/mol. The van der Waals surface area contributed by atoms with Crippen LogP contribution in [0.25, 0.3) is 82.4 Å². The fourth-order valence-electron chi connectivity index (χ4n) is 7.22. The average molecular weight is 598 g/mol. The van der Waals surface area contributed by atoms with E-state index in [4.69, 9.17) is 0 Å². The standard InChI is InChI=1S/C44H27N3/c45-27-29-17-21-41-38(24-29)39-25-32(19-22-42(39)47(41)34-13-5-2-6-14-34)31-18-20-37-40(26-31)44(33-12-9-23-46-28-33)36-16-8-7-15-35(36)43(37)30-10-3-1-4-11-30/h1-26,28H. The molecule has 0 aliphatic carbocycles. The van der Waals surface area contributed by atoms with E-state index in [1.54, 1.807) is 0 Å². The van der Waals surface area contributed by atoms with E-state index in [0.717, 1.165) is 44.2 Å². The number of hydrogen-bond acceptors (Lipinski definition) is 2. The molecule has 0 saturated carbocycles. The smallest absolute Gasteiger partial charge is 0.0991 e. The number of nitriles is 1. The minimum absolute atomic E-state index is 0.655. The molecule has 0 spiro atoms. The van der Waals surface area contributed by atoms with Crippen LogP contribution >= 0.6 is 0 Å². The molecule has 2 heterocycles. The summed E-state index contributed by atoms with van der Waals surface area (Å²) in [5.41, 5.74) is 10.9. The Hall–Kier alpha value is -6.50. The van der Waals surface area contributed by atoms with Crippen LogP contribution in [0.2, 0.25) is 0 Å². The van der Waals surface area contributed by atoms with Gasteiger partial charge in [0, 0.05) is 34.4 Å². The van der Waals surface area contributed by atoms with E-state index < -0.39 is 0 Å². The lowest BCUT2D eigenvalue weighted by Crippen LogP contribution is -1.93. The Morgan fingerprint density at radius 2 is 1.02 bits per heavy atom. The Morgan fingerprint density at radius 1 is 0.447 bits per heavy atom. The summed E-state index contributed by atoms with van der Waals surface area (Å²) in [5, 5.41) is 16.8. The van der Waals surface area contributed by atoms with Crippen molar-refractivity contribution in [2.24, 2.45) is 0 Å². The molecule has 7 aromatic carbocycles. The van der Waals surface area contributed by atoms with Gasteiger partial charge >= 0.3 is 0 Å². The molecule has 0 saturated heterocycles. The number of fused-ring (bicyclic) bond motifs is 5. The summed E-state index contributed by atoms with van der Waals surface area (Å²) in [6.07, 6.45) is 3.80. The minimum atomic E-state index is 0.655. The van der Waals surface area contributed by atoms with Gasteiger partial charge in [0.05, 0.1) is 22.7 Å². The number of nitrogens with zero attached hydrogens (tertiary/aromatic N) is 3. The van der Waals surface area contributed by atoms with Gasteiger partial charge in [0.25, 0.3) is 0 Å². The average Bonchev–Trinajstić information content (AvgIpc) is 3.47. The Kier molecular flexibility index (Phi) is 6.19. The highest BCUT2D eigenvalue weighted by molar-refractivity contribution is 6.22. The third-order valence-corrected chi connectivity index (χ3v) is 9.28. The summed E-state index contributed by atoms with van der Waals surface area (Å²) in [5.74, 6) is 0. The lowest BCUT2D eigenvalue weighted by Gasteiger charge is -2.18. The summed E-state index contributed by atoms with van der Waals surface area (Å²) < 4.78 is 2.29. The Labute approximate surface area is 272 Å². The van der Waals surface area contributed by atoms with E-state index in [0.29, 0.717) is 5.56 Å². The van der Waals surface area contributed by atoms with Crippen molar-refractivity contribution in [3.8, 4) is 45.1 Å². The molecule has 9 rings (SSSR count). The number of benzene rings is 7. The van der Waals surface area contributed by atoms with Crippen molar-refractivity contribution in [2.45, 2.75) is 0 Å². The van der Waals surface area contributed by atoms with Gasteiger partial charge in [-0.05, 0) is 104 Å². The van der Waals surface area contributed by atoms with E-state index in [9.17, 15) is 5.26 Å². The molecule has 0 atom stereocenters. The fourth-order valence-corrected chi connectivity index (χ4v) is 7.22. The maximum Gasteiger partial charge on any atom is 0.0991 e. The first-order valence-electron chi connectivity index (χ1n) is 15.8. The molecule has 3 heteroatoms.